The van der Waals surface area contributed by atoms with E-state index in [-0.39, 0.29) is 12.3 Å². The molecule has 0 saturated carbocycles. The highest BCUT2D eigenvalue weighted by Crippen LogP contribution is 2.32. The van der Waals surface area contributed by atoms with Gasteiger partial charge in [0.15, 0.2) is 0 Å². The number of benzene rings is 1. The molecule has 3 nitrogen and oxygen atoms in total. The van der Waals surface area contributed by atoms with E-state index in [1.165, 1.54) is 0 Å². The predicted molar refractivity (Wildman–Crippen MR) is 70.1 cm³/mol. The van der Waals surface area contributed by atoms with E-state index in [1.807, 2.05) is 12.1 Å². The maximum Gasteiger partial charge on any atom is 0.238 e. The number of halogens is 2. The van der Waals surface area contributed by atoms with Gasteiger partial charge in [0, 0.05) is 8.95 Å². The third-order valence-corrected chi connectivity index (χ3v) is 3.27. The second-order valence-electron chi connectivity index (χ2n) is 3.17. The van der Waals surface area contributed by atoms with Crippen LogP contribution in [0.5, 0.6) is 0 Å². The van der Waals surface area contributed by atoms with Gasteiger partial charge in [-0.25, -0.2) is 0 Å². The van der Waals surface area contributed by atoms with Crippen molar-refractivity contribution < 1.29 is 4.79 Å². The maximum absolute atomic E-state index is 11.3. The molecule has 0 atom stereocenters. The van der Waals surface area contributed by atoms with Crippen molar-refractivity contribution in [3.63, 3.8) is 0 Å². The third-order valence-electron chi connectivity index (χ3n) is 2.01. The average molecular weight is 346 g/mol. The number of aryl methyl sites for hydroxylation is 1. The Hall–Kier alpha value is -0.860. The molecule has 1 N–H and O–H groups in total. The van der Waals surface area contributed by atoms with Crippen molar-refractivity contribution in [1.29, 1.82) is 5.26 Å². The minimum Gasteiger partial charge on any atom is -0.323 e. The normalized spacial score (nSPS) is 9.62. The number of carbonyl (C=O) groups excluding carboxylic acids is 1. The van der Waals surface area contributed by atoms with Crippen molar-refractivity contribution in [3.05, 3.63) is 26.6 Å². The van der Waals surface area contributed by atoms with E-state index in [0.29, 0.717) is 5.69 Å². The summed E-state index contributed by atoms with van der Waals surface area (Å²) in [6.45, 7) is 2.06. The van der Waals surface area contributed by atoms with Crippen molar-refractivity contribution >= 4 is 43.5 Å². The van der Waals surface area contributed by atoms with Gasteiger partial charge in [0.1, 0.15) is 6.42 Å². The summed E-state index contributed by atoms with van der Waals surface area (Å²) in [6.07, 6.45) is 0.776. The SMILES string of the molecule is CCc1cc(Br)c(NC(=O)CC#N)c(Br)c1. The zero-order chi connectivity index (χ0) is 12.1. The molecule has 0 radical (unpaired) electrons. The topological polar surface area (TPSA) is 52.9 Å². The summed E-state index contributed by atoms with van der Waals surface area (Å²) in [7, 11) is 0. The van der Waals surface area contributed by atoms with Gasteiger partial charge in [0.25, 0.3) is 0 Å². The Bertz CT molecular complexity index is 429. The van der Waals surface area contributed by atoms with E-state index in [0.717, 1.165) is 20.9 Å². The molecule has 1 amide bonds. The Balaban J connectivity index is 2.97. The van der Waals surface area contributed by atoms with Crippen molar-refractivity contribution in [1.82, 2.24) is 0 Å². The average Bonchev–Trinajstić information content (AvgIpc) is 2.23. The first-order valence-electron chi connectivity index (χ1n) is 4.73. The van der Waals surface area contributed by atoms with E-state index >= 15 is 0 Å². The Labute approximate surface area is 111 Å². The van der Waals surface area contributed by atoms with Crippen LogP contribution in [0.3, 0.4) is 0 Å². The summed E-state index contributed by atoms with van der Waals surface area (Å²) in [5.74, 6) is -0.312. The first-order valence-corrected chi connectivity index (χ1v) is 6.31. The summed E-state index contributed by atoms with van der Waals surface area (Å²) >= 11 is 6.78. The van der Waals surface area contributed by atoms with Crippen LogP contribution in [0, 0.1) is 11.3 Å². The number of amides is 1. The standard InChI is InChI=1S/C11H10Br2N2O/c1-2-7-5-8(12)11(9(13)6-7)15-10(16)3-4-14/h5-6H,2-3H2,1H3,(H,15,16). The first kappa shape index (κ1) is 13.2. The maximum atomic E-state index is 11.3. The van der Waals surface area contributed by atoms with Crippen LogP contribution in [-0.2, 0) is 11.2 Å². The van der Waals surface area contributed by atoms with E-state index < -0.39 is 0 Å². The first-order chi connectivity index (χ1) is 7.58. The molecule has 0 heterocycles. The van der Waals surface area contributed by atoms with Gasteiger partial charge in [0.05, 0.1) is 11.8 Å². The lowest BCUT2D eigenvalue weighted by Crippen LogP contribution is -2.11. The molecule has 0 spiro atoms. The highest BCUT2D eigenvalue weighted by molar-refractivity contribution is 9.11. The van der Waals surface area contributed by atoms with Gasteiger partial charge in [-0.2, -0.15) is 5.26 Å². The lowest BCUT2D eigenvalue weighted by molar-refractivity contribution is -0.115. The smallest absolute Gasteiger partial charge is 0.238 e. The van der Waals surface area contributed by atoms with Crippen LogP contribution < -0.4 is 5.32 Å². The van der Waals surface area contributed by atoms with Crippen LogP contribution in [0.25, 0.3) is 0 Å². The molecule has 16 heavy (non-hydrogen) atoms. The molecule has 0 saturated heterocycles. The molecule has 0 unspecified atom stereocenters. The minimum absolute atomic E-state index is 0.144. The van der Waals surface area contributed by atoms with Gasteiger partial charge in [-0.3, -0.25) is 4.79 Å². The van der Waals surface area contributed by atoms with Crippen LogP contribution in [-0.4, -0.2) is 5.91 Å². The van der Waals surface area contributed by atoms with Crippen LogP contribution in [0.2, 0.25) is 0 Å². The van der Waals surface area contributed by atoms with Crippen molar-refractivity contribution in [3.8, 4) is 6.07 Å². The molecule has 0 bridgehead atoms. The second-order valence-corrected chi connectivity index (χ2v) is 4.88. The molecule has 0 aromatic heterocycles. The fourth-order valence-electron chi connectivity index (χ4n) is 1.20. The van der Waals surface area contributed by atoms with E-state index in [1.54, 1.807) is 6.07 Å². The van der Waals surface area contributed by atoms with Crippen LogP contribution in [0.15, 0.2) is 21.1 Å². The predicted octanol–water partition coefficient (Wildman–Crippen LogP) is 3.63. The molecular formula is C11H10Br2N2O. The summed E-state index contributed by atoms with van der Waals surface area (Å²) < 4.78 is 1.62. The minimum atomic E-state index is -0.312. The monoisotopic (exact) mass is 344 g/mol. The summed E-state index contributed by atoms with van der Waals surface area (Å²) in [5.41, 5.74) is 1.83. The Kier molecular flexibility index (Phi) is 4.97. The highest BCUT2D eigenvalue weighted by Gasteiger charge is 2.10. The fraction of sp³-hybridized carbons (Fsp3) is 0.273. The number of nitriles is 1. The van der Waals surface area contributed by atoms with Gasteiger partial charge in [0.2, 0.25) is 5.91 Å². The molecule has 0 aliphatic carbocycles. The van der Waals surface area contributed by atoms with E-state index in [2.05, 4.69) is 44.1 Å². The zero-order valence-electron chi connectivity index (χ0n) is 8.68. The largest absolute Gasteiger partial charge is 0.323 e. The number of nitrogens with zero attached hydrogens (tertiary/aromatic N) is 1. The van der Waals surface area contributed by atoms with Gasteiger partial charge >= 0.3 is 0 Å². The number of hydrogen-bond donors (Lipinski definition) is 1. The molecule has 84 valence electrons. The summed E-state index contributed by atoms with van der Waals surface area (Å²) in [5, 5.41) is 11.1. The Morgan fingerprint density at radius 3 is 2.44 bits per heavy atom. The van der Waals surface area contributed by atoms with Crippen molar-refractivity contribution in [2.24, 2.45) is 0 Å². The quantitative estimate of drug-likeness (QED) is 0.909. The van der Waals surface area contributed by atoms with Gasteiger partial charge < -0.3 is 5.32 Å². The number of carbonyl (C=O) groups is 1. The molecule has 1 aromatic carbocycles. The van der Waals surface area contributed by atoms with Crippen LogP contribution in [0.1, 0.15) is 18.9 Å². The number of hydrogen-bond acceptors (Lipinski definition) is 2. The van der Waals surface area contributed by atoms with Gasteiger partial charge in [-0.15, -0.1) is 0 Å². The lowest BCUT2D eigenvalue weighted by Gasteiger charge is -2.10. The Morgan fingerprint density at radius 2 is 2.00 bits per heavy atom. The van der Waals surface area contributed by atoms with Gasteiger partial charge in [-0.1, -0.05) is 6.92 Å². The molecular weight excluding hydrogens is 336 g/mol. The van der Waals surface area contributed by atoms with Crippen LogP contribution in [0.4, 0.5) is 5.69 Å². The molecule has 0 aliphatic rings. The molecule has 0 aliphatic heterocycles. The van der Waals surface area contributed by atoms with E-state index in [9.17, 15) is 4.79 Å². The summed E-state index contributed by atoms with van der Waals surface area (Å²) in [4.78, 5) is 11.3. The molecule has 0 fully saturated rings. The van der Waals surface area contributed by atoms with Crippen molar-refractivity contribution in [2.45, 2.75) is 19.8 Å². The fourth-order valence-corrected chi connectivity index (χ4v) is 2.68. The number of rotatable bonds is 3. The van der Waals surface area contributed by atoms with Crippen molar-refractivity contribution in [2.75, 3.05) is 5.32 Å². The molecule has 1 rings (SSSR count). The Morgan fingerprint density at radius 1 is 1.44 bits per heavy atom. The highest BCUT2D eigenvalue weighted by atomic mass is 79.9. The summed E-state index contributed by atoms with van der Waals surface area (Å²) in [6, 6.07) is 5.71. The number of nitrogens with one attached hydrogen (secondary N) is 1. The van der Waals surface area contributed by atoms with Gasteiger partial charge in [-0.05, 0) is 56.0 Å². The second kappa shape index (κ2) is 6.02. The van der Waals surface area contributed by atoms with Crippen LogP contribution >= 0.6 is 31.9 Å². The van der Waals surface area contributed by atoms with E-state index in [4.69, 9.17) is 5.26 Å². The molecule has 5 heteroatoms. The third kappa shape index (κ3) is 3.32. The zero-order valence-corrected chi connectivity index (χ0v) is 11.9. The number of anilines is 1. The molecule has 1 aromatic rings. The lowest BCUT2D eigenvalue weighted by atomic mass is 10.1.